The van der Waals surface area contributed by atoms with Gasteiger partial charge in [0.1, 0.15) is 0 Å². The van der Waals surface area contributed by atoms with E-state index in [-0.39, 0.29) is 0 Å². The van der Waals surface area contributed by atoms with E-state index in [0.717, 1.165) is 11.9 Å². The van der Waals surface area contributed by atoms with E-state index in [1.807, 2.05) is 25.4 Å². The highest BCUT2D eigenvalue weighted by Gasteiger charge is 2.07. The molecule has 1 heterocycles. The fraction of sp³-hybridized carbons (Fsp3) is 0.214. The van der Waals surface area contributed by atoms with Gasteiger partial charge in [-0.3, -0.25) is 4.98 Å². The van der Waals surface area contributed by atoms with Gasteiger partial charge in [0, 0.05) is 17.6 Å². The monoisotopic (exact) mass is 212 g/mol. The van der Waals surface area contributed by atoms with Gasteiger partial charge in [-0.05, 0) is 31.2 Å². The van der Waals surface area contributed by atoms with E-state index in [1.54, 1.807) is 0 Å². The fourth-order valence-corrected chi connectivity index (χ4v) is 1.89. The lowest BCUT2D eigenvalue weighted by atomic mass is 10.0. The highest BCUT2D eigenvalue weighted by atomic mass is 14.9. The first-order valence-corrected chi connectivity index (χ1v) is 5.48. The van der Waals surface area contributed by atoms with Crippen molar-refractivity contribution >= 4 is 10.9 Å². The minimum Gasteiger partial charge on any atom is -0.313 e. The molecule has 0 fully saturated rings. The van der Waals surface area contributed by atoms with E-state index in [9.17, 15) is 0 Å². The van der Waals surface area contributed by atoms with Gasteiger partial charge in [-0.2, -0.15) is 0 Å². The average Bonchev–Trinajstić information content (AvgIpc) is 2.35. The summed E-state index contributed by atoms with van der Waals surface area (Å²) in [7, 11) is 1.97. The van der Waals surface area contributed by atoms with Crippen molar-refractivity contribution in [3.63, 3.8) is 0 Å². The minimum atomic E-state index is 0.323. The van der Waals surface area contributed by atoms with E-state index in [0.29, 0.717) is 6.04 Å². The zero-order chi connectivity index (χ0) is 11.4. The van der Waals surface area contributed by atoms with Gasteiger partial charge in [0.15, 0.2) is 0 Å². The number of aromatic nitrogens is 1. The van der Waals surface area contributed by atoms with Crippen molar-refractivity contribution in [2.45, 2.75) is 12.5 Å². The molecule has 0 saturated heterocycles. The third-order valence-electron chi connectivity index (χ3n) is 2.78. The van der Waals surface area contributed by atoms with Crippen molar-refractivity contribution in [3.05, 3.63) is 54.7 Å². The van der Waals surface area contributed by atoms with Crippen molar-refractivity contribution in [3.8, 4) is 0 Å². The van der Waals surface area contributed by atoms with Crippen molar-refractivity contribution in [1.82, 2.24) is 10.3 Å². The average molecular weight is 212 g/mol. The van der Waals surface area contributed by atoms with Crippen molar-refractivity contribution in [2.75, 3.05) is 7.05 Å². The number of benzene rings is 1. The van der Waals surface area contributed by atoms with Gasteiger partial charge in [0.2, 0.25) is 0 Å². The maximum atomic E-state index is 4.37. The summed E-state index contributed by atoms with van der Waals surface area (Å²) in [5.74, 6) is 0. The Balaban J connectivity index is 2.41. The number of hydrogen-bond donors (Lipinski definition) is 1. The van der Waals surface area contributed by atoms with Gasteiger partial charge in [-0.25, -0.2) is 0 Å². The highest BCUT2D eigenvalue weighted by molar-refractivity contribution is 5.78. The second kappa shape index (κ2) is 4.90. The number of fused-ring (bicyclic) bond motifs is 1. The molecule has 0 radical (unpaired) electrons. The van der Waals surface area contributed by atoms with Crippen LogP contribution >= 0.6 is 0 Å². The molecular weight excluding hydrogens is 196 g/mol. The summed E-state index contributed by atoms with van der Waals surface area (Å²) in [5.41, 5.74) is 2.30. The highest BCUT2D eigenvalue weighted by Crippen LogP contribution is 2.21. The molecule has 2 heteroatoms. The Morgan fingerprint density at radius 3 is 3.06 bits per heavy atom. The van der Waals surface area contributed by atoms with E-state index < -0.39 is 0 Å². The van der Waals surface area contributed by atoms with Crippen LogP contribution in [0.3, 0.4) is 0 Å². The first-order valence-electron chi connectivity index (χ1n) is 5.48. The molecule has 0 spiro atoms. The second-order valence-corrected chi connectivity index (χ2v) is 3.82. The Morgan fingerprint density at radius 2 is 2.31 bits per heavy atom. The van der Waals surface area contributed by atoms with Crippen molar-refractivity contribution in [1.29, 1.82) is 0 Å². The van der Waals surface area contributed by atoms with Crippen molar-refractivity contribution < 1.29 is 0 Å². The zero-order valence-electron chi connectivity index (χ0n) is 9.48. The van der Waals surface area contributed by atoms with Crippen LogP contribution in [0.4, 0.5) is 0 Å². The van der Waals surface area contributed by atoms with Gasteiger partial charge in [-0.15, -0.1) is 6.58 Å². The third-order valence-corrected chi connectivity index (χ3v) is 2.78. The van der Waals surface area contributed by atoms with E-state index in [1.165, 1.54) is 10.9 Å². The second-order valence-electron chi connectivity index (χ2n) is 3.82. The van der Waals surface area contributed by atoms with Gasteiger partial charge in [-0.1, -0.05) is 24.3 Å². The van der Waals surface area contributed by atoms with Gasteiger partial charge >= 0.3 is 0 Å². The van der Waals surface area contributed by atoms with Crippen LogP contribution < -0.4 is 5.32 Å². The van der Waals surface area contributed by atoms with Crippen molar-refractivity contribution in [2.24, 2.45) is 0 Å². The van der Waals surface area contributed by atoms with Crippen LogP contribution in [-0.4, -0.2) is 12.0 Å². The molecule has 0 aliphatic rings. The smallest absolute Gasteiger partial charge is 0.0705 e. The Bertz CT molecular complexity index is 491. The maximum absolute atomic E-state index is 4.37. The molecule has 1 aromatic heterocycles. The fourth-order valence-electron chi connectivity index (χ4n) is 1.89. The lowest BCUT2D eigenvalue weighted by molar-refractivity contribution is 0.604. The first-order chi connectivity index (χ1) is 7.85. The molecule has 16 heavy (non-hydrogen) atoms. The zero-order valence-corrected chi connectivity index (χ0v) is 9.48. The number of pyridine rings is 1. The predicted molar refractivity (Wildman–Crippen MR) is 68.4 cm³/mol. The quantitative estimate of drug-likeness (QED) is 0.788. The molecule has 1 atom stereocenters. The summed E-state index contributed by atoms with van der Waals surface area (Å²) < 4.78 is 0. The SMILES string of the molecule is C=CCC(NC)c1ccc2cccnc2c1. The van der Waals surface area contributed by atoms with Crippen LogP contribution in [0.15, 0.2) is 49.2 Å². The molecular formula is C14H16N2. The van der Waals surface area contributed by atoms with Crippen LogP contribution in [0.5, 0.6) is 0 Å². The normalized spacial score (nSPS) is 12.6. The Kier molecular flexibility index (Phi) is 3.32. The van der Waals surface area contributed by atoms with E-state index >= 15 is 0 Å². The predicted octanol–water partition coefficient (Wildman–Crippen LogP) is 3.07. The molecule has 0 amide bonds. The molecule has 2 rings (SSSR count). The third kappa shape index (κ3) is 2.12. The molecule has 0 aliphatic carbocycles. The first kappa shape index (κ1) is 10.8. The Labute approximate surface area is 96.0 Å². The van der Waals surface area contributed by atoms with Crippen LogP contribution in [0.25, 0.3) is 10.9 Å². The summed E-state index contributed by atoms with van der Waals surface area (Å²) >= 11 is 0. The number of nitrogens with one attached hydrogen (secondary N) is 1. The summed E-state index contributed by atoms with van der Waals surface area (Å²) in [5, 5.41) is 4.47. The topological polar surface area (TPSA) is 24.9 Å². The maximum Gasteiger partial charge on any atom is 0.0705 e. The van der Waals surface area contributed by atoms with E-state index in [2.05, 4.69) is 41.1 Å². The molecule has 1 aromatic carbocycles. The molecule has 1 N–H and O–H groups in total. The summed E-state index contributed by atoms with van der Waals surface area (Å²) in [4.78, 5) is 4.37. The molecule has 0 saturated carbocycles. The lowest BCUT2D eigenvalue weighted by Gasteiger charge is -2.14. The molecule has 2 aromatic rings. The van der Waals surface area contributed by atoms with E-state index in [4.69, 9.17) is 0 Å². The van der Waals surface area contributed by atoms with Crippen LogP contribution in [-0.2, 0) is 0 Å². The molecule has 82 valence electrons. The Morgan fingerprint density at radius 1 is 1.44 bits per heavy atom. The standard InChI is InChI=1S/C14H16N2/c1-3-5-13(15-2)12-8-7-11-6-4-9-16-14(11)10-12/h3-4,6-10,13,15H,1,5H2,2H3. The largest absolute Gasteiger partial charge is 0.313 e. The van der Waals surface area contributed by atoms with Crippen LogP contribution in [0, 0.1) is 0 Å². The lowest BCUT2D eigenvalue weighted by Crippen LogP contribution is -2.15. The number of hydrogen-bond acceptors (Lipinski definition) is 2. The number of nitrogens with zero attached hydrogens (tertiary/aromatic N) is 1. The number of rotatable bonds is 4. The summed E-state index contributed by atoms with van der Waals surface area (Å²) in [6.07, 6.45) is 4.69. The van der Waals surface area contributed by atoms with Gasteiger partial charge in [0.25, 0.3) is 0 Å². The van der Waals surface area contributed by atoms with Gasteiger partial charge < -0.3 is 5.32 Å². The van der Waals surface area contributed by atoms with Gasteiger partial charge in [0.05, 0.1) is 5.52 Å². The minimum absolute atomic E-state index is 0.323. The molecule has 1 unspecified atom stereocenters. The summed E-state index contributed by atoms with van der Waals surface area (Å²) in [6, 6.07) is 10.8. The van der Waals surface area contributed by atoms with Crippen LogP contribution in [0.1, 0.15) is 18.0 Å². The van der Waals surface area contributed by atoms with Crippen LogP contribution in [0.2, 0.25) is 0 Å². The Hall–Kier alpha value is -1.67. The summed E-state index contributed by atoms with van der Waals surface area (Å²) in [6.45, 7) is 3.78. The molecule has 2 nitrogen and oxygen atoms in total. The molecule has 0 aliphatic heterocycles. The molecule has 0 bridgehead atoms.